The SMILES string of the molecule is CCNC1CCCc2sc(N3CC(C)C(C)C3)nc21. The van der Waals surface area contributed by atoms with Gasteiger partial charge in [0.25, 0.3) is 0 Å². The minimum Gasteiger partial charge on any atom is -0.348 e. The van der Waals surface area contributed by atoms with Crippen molar-refractivity contribution in [2.75, 3.05) is 24.5 Å². The number of hydrogen-bond acceptors (Lipinski definition) is 4. The van der Waals surface area contributed by atoms with E-state index < -0.39 is 0 Å². The van der Waals surface area contributed by atoms with Crippen LogP contribution in [0.1, 0.15) is 50.2 Å². The normalized spacial score (nSPS) is 30.7. The van der Waals surface area contributed by atoms with Gasteiger partial charge >= 0.3 is 0 Å². The lowest BCUT2D eigenvalue weighted by Crippen LogP contribution is -2.25. The molecule has 1 aromatic rings. The number of anilines is 1. The van der Waals surface area contributed by atoms with Crippen LogP contribution in [-0.2, 0) is 6.42 Å². The van der Waals surface area contributed by atoms with Crippen LogP contribution in [0, 0.1) is 11.8 Å². The van der Waals surface area contributed by atoms with Crippen LogP contribution in [0.25, 0.3) is 0 Å². The summed E-state index contributed by atoms with van der Waals surface area (Å²) in [6.45, 7) is 10.3. The molecule has 0 saturated carbocycles. The van der Waals surface area contributed by atoms with Crippen molar-refractivity contribution < 1.29 is 0 Å². The van der Waals surface area contributed by atoms with E-state index in [-0.39, 0.29) is 0 Å². The summed E-state index contributed by atoms with van der Waals surface area (Å²) in [5, 5.41) is 4.86. The van der Waals surface area contributed by atoms with Gasteiger partial charge in [0, 0.05) is 18.0 Å². The fraction of sp³-hybridized carbons (Fsp3) is 0.800. The Hall–Kier alpha value is -0.610. The van der Waals surface area contributed by atoms with Gasteiger partial charge in [-0.25, -0.2) is 4.98 Å². The molecule has 3 unspecified atom stereocenters. The highest BCUT2D eigenvalue weighted by molar-refractivity contribution is 7.15. The molecule has 2 aliphatic rings. The van der Waals surface area contributed by atoms with Crippen LogP contribution in [0.15, 0.2) is 0 Å². The number of thiazole rings is 1. The molecule has 0 aromatic carbocycles. The number of aromatic nitrogens is 1. The Morgan fingerprint density at radius 2 is 2.05 bits per heavy atom. The monoisotopic (exact) mass is 279 g/mol. The molecule has 0 bridgehead atoms. The van der Waals surface area contributed by atoms with Gasteiger partial charge in [0.05, 0.1) is 11.7 Å². The molecular weight excluding hydrogens is 254 g/mol. The van der Waals surface area contributed by atoms with Crippen LogP contribution >= 0.6 is 11.3 Å². The summed E-state index contributed by atoms with van der Waals surface area (Å²) in [6.07, 6.45) is 3.78. The third-order valence-electron chi connectivity index (χ3n) is 4.65. The van der Waals surface area contributed by atoms with Crippen LogP contribution in [0.5, 0.6) is 0 Å². The maximum atomic E-state index is 4.98. The molecular formula is C15H25N3S. The van der Waals surface area contributed by atoms with E-state index in [1.807, 2.05) is 11.3 Å². The number of nitrogens with zero attached hydrogens (tertiary/aromatic N) is 2. The molecule has 3 atom stereocenters. The van der Waals surface area contributed by atoms with Crippen molar-refractivity contribution in [3.8, 4) is 0 Å². The quantitative estimate of drug-likeness (QED) is 0.921. The molecule has 1 fully saturated rings. The first-order chi connectivity index (χ1) is 9.19. The van der Waals surface area contributed by atoms with Crippen LogP contribution < -0.4 is 10.2 Å². The van der Waals surface area contributed by atoms with Crippen molar-refractivity contribution in [1.29, 1.82) is 0 Å². The summed E-state index contributed by atoms with van der Waals surface area (Å²) >= 11 is 1.94. The molecule has 19 heavy (non-hydrogen) atoms. The molecule has 0 spiro atoms. The van der Waals surface area contributed by atoms with Gasteiger partial charge in [-0.2, -0.15) is 0 Å². The summed E-state index contributed by atoms with van der Waals surface area (Å²) in [5.41, 5.74) is 1.35. The molecule has 1 aromatic heterocycles. The van der Waals surface area contributed by atoms with Crippen molar-refractivity contribution in [3.63, 3.8) is 0 Å². The Labute approximate surface area is 120 Å². The topological polar surface area (TPSA) is 28.2 Å². The predicted molar refractivity (Wildman–Crippen MR) is 82.0 cm³/mol. The van der Waals surface area contributed by atoms with Crippen molar-refractivity contribution >= 4 is 16.5 Å². The summed E-state index contributed by atoms with van der Waals surface area (Å²) in [6, 6.07) is 0.496. The zero-order valence-corrected chi connectivity index (χ0v) is 13.1. The zero-order chi connectivity index (χ0) is 13.4. The van der Waals surface area contributed by atoms with Crippen LogP contribution in [0.4, 0.5) is 5.13 Å². The molecule has 4 heteroatoms. The number of hydrogen-bond donors (Lipinski definition) is 1. The van der Waals surface area contributed by atoms with Crippen molar-refractivity contribution in [1.82, 2.24) is 10.3 Å². The van der Waals surface area contributed by atoms with E-state index >= 15 is 0 Å². The average Bonchev–Trinajstić information content (AvgIpc) is 2.95. The lowest BCUT2D eigenvalue weighted by Gasteiger charge is -2.21. The second kappa shape index (κ2) is 5.41. The number of rotatable bonds is 3. The summed E-state index contributed by atoms with van der Waals surface area (Å²) in [7, 11) is 0. The highest BCUT2D eigenvalue weighted by atomic mass is 32.1. The molecule has 3 nitrogen and oxygen atoms in total. The molecule has 0 amide bonds. The molecule has 1 N–H and O–H groups in total. The summed E-state index contributed by atoms with van der Waals surface area (Å²) in [4.78, 5) is 9.01. The molecule has 1 aliphatic heterocycles. The highest BCUT2D eigenvalue weighted by Crippen LogP contribution is 2.38. The lowest BCUT2D eigenvalue weighted by molar-refractivity contribution is 0.465. The van der Waals surface area contributed by atoms with E-state index in [1.165, 1.54) is 48.1 Å². The largest absolute Gasteiger partial charge is 0.348 e. The number of aryl methyl sites for hydroxylation is 1. The van der Waals surface area contributed by atoms with Crippen LogP contribution in [0.3, 0.4) is 0 Å². The van der Waals surface area contributed by atoms with Gasteiger partial charge in [0.2, 0.25) is 0 Å². The van der Waals surface area contributed by atoms with Crippen molar-refractivity contribution in [2.24, 2.45) is 11.8 Å². The molecule has 2 heterocycles. The van der Waals surface area contributed by atoms with E-state index in [0.29, 0.717) is 6.04 Å². The van der Waals surface area contributed by atoms with Gasteiger partial charge in [-0.3, -0.25) is 0 Å². The van der Waals surface area contributed by atoms with Gasteiger partial charge in [0.1, 0.15) is 0 Å². The molecule has 1 aliphatic carbocycles. The predicted octanol–water partition coefficient (Wildman–Crippen LogP) is 3.22. The second-order valence-electron chi connectivity index (χ2n) is 6.17. The van der Waals surface area contributed by atoms with E-state index in [1.54, 1.807) is 0 Å². The molecule has 3 rings (SSSR count). The van der Waals surface area contributed by atoms with Crippen LogP contribution in [-0.4, -0.2) is 24.6 Å². The van der Waals surface area contributed by atoms with Gasteiger partial charge in [-0.15, -0.1) is 11.3 Å². The first-order valence-corrected chi connectivity index (χ1v) is 8.48. The Morgan fingerprint density at radius 1 is 1.32 bits per heavy atom. The van der Waals surface area contributed by atoms with Crippen LogP contribution in [0.2, 0.25) is 0 Å². The minimum atomic E-state index is 0.496. The van der Waals surface area contributed by atoms with Gasteiger partial charge < -0.3 is 10.2 Å². The number of fused-ring (bicyclic) bond motifs is 1. The maximum Gasteiger partial charge on any atom is 0.185 e. The van der Waals surface area contributed by atoms with Crippen molar-refractivity contribution in [2.45, 2.75) is 46.1 Å². The molecule has 0 radical (unpaired) electrons. The maximum absolute atomic E-state index is 4.98. The molecule has 106 valence electrons. The lowest BCUT2D eigenvalue weighted by atomic mass is 9.98. The molecule has 1 saturated heterocycles. The zero-order valence-electron chi connectivity index (χ0n) is 12.3. The van der Waals surface area contributed by atoms with E-state index in [9.17, 15) is 0 Å². The third kappa shape index (κ3) is 2.52. The minimum absolute atomic E-state index is 0.496. The summed E-state index contributed by atoms with van der Waals surface area (Å²) in [5.74, 6) is 1.59. The smallest absolute Gasteiger partial charge is 0.185 e. The first-order valence-electron chi connectivity index (χ1n) is 7.67. The fourth-order valence-electron chi connectivity index (χ4n) is 3.27. The Kier molecular flexibility index (Phi) is 3.81. The Morgan fingerprint density at radius 3 is 2.74 bits per heavy atom. The number of nitrogens with one attached hydrogen (secondary N) is 1. The van der Waals surface area contributed by atoms with E-state index in [2.05, 4.69) is 31.0 Å². The van der Waals surface area contributed by atoms with E-state index in [4.69, 9.17) is 4.98 Å². The standard InChI is InChI=1S/C15H25N3S/c1-4-16-12-6-5-7-13-14(12)17-15(19-13)18-8-10(2)11(3)9-18/h10-12,16H,4-9H2,1-3H3. The average molecular weight is 279 g/mol. The van der Waals surface area contributed by atoms with E-state index in [0.717, 1.165) is 18.4 Å². The van der Waals surface area contributed by atoms with Gasteiger partial charge in [-0.1, -0.05) is 20.8 Å². The van der Waals surface area contributed by atoms with Gasteiger partial charge in [0.15, 0.2) is 5.13 Å². The summed E-state index contributed by atoms with van der Waals surface area (Å²) < 4.78 is 0. The third-order valence-corrected chi connectivity index (χ3v) is 5.84. The van der Waals surface area contributed by atoms with Gasteiger partial charge in [-0.05, 0) is 37.6 Å². The second-order valence-corrected chi connectivity index (χ2v) is 7.23. The Bertz CT molecular complexity index is 433. The Balaban J connectivity index is 1.82. The fourth-order valence-corrected chi connectivity index (χ4v) is 4.45. The van der Waals surface area contributed by atoms with Crippen molar-refractivity contribution in [3.05, 3.63) is 10.6 Å². The first kappa shape index (κ1) is 13.4. The highest BCUT2D eigenvalue weighted by Gasteiger charge is 2.30.